The molecule has 3 nitrogen and oxygen atoms in total. The smallest absolute Gasteiger partial charge is 0.0537 e. The first-order chi connectivity index (χ1) is 9.72. The maximum atomic E-state index is 6.01. The molecule has 2 rings (SSSR count). The highest BCUT2D eigenvalue weighted by molar-refractivity contribution is 7.99. The zero-order chi connectivity index (χ0) is 14.4. The first-order valence-electron chi connectivity index (χ1n) is 6.81. The van der Waals surface area contributed by atoms with Gasteiger partial charge in [0.1, 0.15) is 0 Å². The summed E-state index contributed by atoms with van der Waals surface area (Å²) in [5, 5.41) is 8.53. The van der Waals surface area contributed by atoms with Gasteiger partial charge < -0.3 is 5.32 Å². The van der Waals surface area contributed by atoms with Crippen LogP contribution in [0.4, 0.5) is 0 Å². The molecule has 0 radical (unpaired) electrons. The van der Waals surface area contributed by atoms with E-state index in [2.05, 4.69) is 29.6 Å². The zero-order valence-corrected chi connectivity index (χ0v) is 13.4. The van der Waals surface area contributed by atoms with E-state index in [0.29, 0.717) is 6.04 Å². The topological polar surface area (TPSA) is 29.9 Å². The molecule has 2 aromatic rings. The molecule has 5 heteroatoms. The third-order valence-electron chi connectivity index (χ3n) is 3.07. The van der Waals surface area contributed by atoms with Crippen LogP contribution in [0.5, 0.6) is 0 Å². The average Bonchev–Trinajstić information content (AvgIpc) is 2.89. The number of aryl methyl sites for hydroxylation is 1. The maximum Gasteiger partial charge on any atom is 0.0537 e. The summed E-state index contributed by atoms with van der Waals surface area (Å²) < 4.78 is 2.00. The molecule has 1 aromatic heterocycles. The highest BCUT2D eigenvalue weighted by atomic mass is 35.5. The van der Waals surface area contributed by atoms with E-state index in [1.165, 1.54) is 10.5 Å². The molecule has 1 aromatic carbocycles. The summed E-state index contributed by atoms with van der Waals surface area (Å²) >= 11 is 7.81. The summed E-state index contributed by atoms with van der Waals surface area (Å²) in [6.45, 7) is 3.13. The Hall–Kier alpha value is -0.970. The molecule has 108 valence electrons. The largest absolute Gasteiger partial charge is 0.312 e. The number of benzene rings is 1. The van der Waals surface area contributed by atoms with Crippen molar-refractivity contribution in [1.82, 2.24) is 15.1 Å². The fraction of sp³-hybridized carbons (Fsp3) is 0.400. The number of rotatable bonds is 7. The van der Waals surface area contributed by atoms with Crippen LogP contribution < -0.4 is 5.32 Å². The van der Waals surface area contributed by atoms with Gasteiger partial charge in [0, 0.05) is 40.0 Å². The molecule has 1 atom stereocenters. The summed E-state index contributed by atoms with van der Waals surface area (Å²) in [7, 11) is 1.99. The Labute approximate surface area is 129 Å². The monoisotopic (exact) mass is 309 g/mol. The molecule has 0 saturated heterocycles. The minimum atomic E-state index is 0.296. The number of halogens is 1. The van der Waals surface area contributed by atoms with E-state index < -0.39 is 0 Å². The number of hydrogen-bond acceptors (Lipinski definition) is 3. The normalized spacial score (nSPS) is 12.6. The number of nitrogens with zero attached hydrogens (tertiary/aromatic N) is 2. The lowest BCUT2D eigenvalue weighted by Gasteiger charge is -2.14. The molecule has 0 spiro atoms. The second-order valence-corrected chi connectivity index (χ2v) is 6.18. The molecule has 1 N–H and O–H groups in total. The first-order valence-corrected chi connectivity index (χ1v) is 8.17. The van der Waals surface area contributed by atoms with Gasteiger partial charge in [0.05, 0.1) is 6.20 Å². The zero-order valence-electron chi connectivity index (χ0n) is 11.8. The minimum absolute atomic E-state index is 0.296. The Morgan fingerprint density at radius 1 is 1.45 bits per heavy atom. The van der Waals surface area contributed by atoms with Crippen molar-refractivity contribution in [3.8, 4) is 0 Å². The molecule has 0 aliphatic heterocycles. The molecule has 1 unspecified atom stereocenters. The Bertz CT molecular complexity index is 541. The Kier molecular flexibility index (Phi) is 5.95. The summed E-state index contributed by atoms with van der Waals surface area (Å²) in [4.78, 5) is 1.19. The van der Waals surface area contributed by atoms with Gasteiger partial charge in [-0.1, -0.05) is 24.6 Å². The van der Waals surface area contributed by atoms with E-state index in [1.807, 2.05) is 36.1 Å². The second kappa shape index (κ2) is 7.72. The van der Waals surface area contributed by atoms with Gasteiger partial charge in [0.15, 0.2) is 0 Å². The van der Waals surface area contributed by atoms with Crippen molar-refractivity contribution < 1.29 is 0 Å². The van der Waals surface area contributed by atoms with Crippen LogP contribution in [0.15, 0.2) is 41.6 Å². The van der Waals surface area contributed by atoms with Crippen molar-refractivity contribution in [2.24, 2.45) is 0 Å². The Balaban J connectivity index is 1.97. The van der Waals surface area contributed by atoms with Crippen molar-refractivity contribution in [3.05, 3.63) is 47.2 Å². The van der Waals surface area contributed by atoms with Crippen LogP contribution in [0.2, 0.25) is 5.02 Å². The van der Waals surface area contributed by atoms with E-state index in [4.69, 9.17) is 11.6 Å². The van der Waals surface area contributed by atoms with E-state index in [9.17, 15) is 0 Å². The predicted octanol–water partition coefficient (Wildman–Crippen LogP) is 4.00. The fourth-order valence-electron chi connectivity index (χ4n) is 1.99. The quantitative estimate of drug-likeness (QED) is 0.784. The van der Waals surface area contributed by atoms with Crippen LogP contribution >= 0.6 is 23.4 Å². The molecular weight excluding hydrogens is 290 g/mol. The van der Waals surface area contributed by atoms with Crippen LogP contribution in [-0.4, -0.2) is 22.6 Å². The number of nitrogens with one attached hydrogen (secondary N) is 1. The lowest BCUT2D eigenvalue weighted by molar-refractivity contribution is 0.599. The molecule has 0 amide bonds. The van der Waals surface area contributed by atoms with Crippen molar-refractivity contribution in [2.75, 3.05) is 12.8 Å². The van der Waals surface area contributed by atoms with Crippen LogP contribution in [0.1, 0.15) is 24.9 Å². The molecule has 0 bridgehead atoms. The van der Waals surface area contributed by atoms with Gasteiger partial charge in [-0.25, -0.2) is 0 Å². The summed E-state index contributed by atoms with van der Waals surface area (Å²) in [6.07, 6.45) is 5.18. The lowest BCUT2D eigenvalue weighted by Crippen LogP contribution is -2.18. The van der Waals surface area contributed by atoms with E-state index in [1.54, 1.807) is 11.8 Å². The standard InChI is InChI=1S/C15H20ClN3S/c1-3-7-19-10-12(9-18-19)15(17-2)11-20-14-6-4-5-13(16)8-14/h4-6,8-10,15,17H,3,7,11H2,1-2H3. The molecule has 1 heterocycles. The summed E-state index contributed by atoms with van der Waals surface area (Å²) in [6, 6.07) is 8.27. The van der Waals surface area contributed by atoms with Gasteiger partial charge in [-0.2, -0.15) is 5.10 Å². The van der Waals surface area contributed by atoms with Gasteiger partial charge in [-0.3, -0.25) is 4.68 Å². The summed E-state index contributed by atoms with van der Waals surface area (Å²) in [5.74, 6) is 0.953. The lowest BCUT2D eigenvalue weighted by atomic mass is 10.2. The predicted molar refractivity (Wildman–Crippen MR) is 86.5 cm³/mol. The number of hydrogen-bond donors (Lipinski definition) is 1. The van der Waals surface area contributed by atoms with Crippen molar-refractivity contribution >= 4 is 23.4 Å². The fourth-order valence-corrected chi connectivity index (χ4v) is 3.35. The van der Waals surface area contributed by atoms with E-state index in [0.717, 1.165) is 23.7 Å². The van der Waals surface area contributed by atoms with Crippen LogP contribution in [0.3, 0.4) is 0 Å². The van der Waals surface area contributed by atoms with E-state index in [-0.39, 0.29) is 0 Å². The highest BCUT2D eigenvalue weighted by Gasteiger charge is 2.12. The van der Waals surface area contributed by atoms with Gasteiger partial charge in [0.2, 0.25) is 0 Å². The average molecular weight is 310 g/mol. The molecule has 0 aliphatic rings. The minimum Gasteiger partial charge on any atom is -0.312 e. The summed E-state index contributed by atoms with van der Waals surface area (Å²) in [5.41, 5.74) is 1.23. The maximum absolute atomic E-state index is 6.01. The van der Waals surface area contributed by atoms with Gasteiger partial charge in [-0.05, 0) is 31.7 Å². The third kappa shape index (κ3) is 4.27. The second-order valence-electron chi connectivity index (χ2n) is 4.65. The highest BCUT2D eigenvalue weighted by Crippen LogP contribution is 2.26. The van der Waals surface area contributed by atoms with Gasteiger partial charge in [-0.15, -0.1) is 11.8 Å². The van der Waals surface area contributed by atoms with Gasteiger partial charge >= 0.3 is 0 Å². The van der Waals surface area contributed by atoms with Crippen molar-refractivity contribution in [1.29, 1.82) is 0 Å². The van der Waals surface area contributed by atoms with Crippen molar-refractivity contribution in [3.63, 3.8) is 0 Å². The van der Waals surface area contributed by atoms with Crippen LogP contribution in [-0.2, 0) is 6.54 Å². The Morgan fingerprint density at radius 3 is 3.00 bits per heavy atom. The molecule has 0 fully saturated rings. The molecule has 0 aliphatic carbocycles. The molecule has 20 heavy (non-hydrogen) atoms. The van der Waals surface area contributed by atoms with Crippen LogP contribution in [0, 0.1) is 0 Å². The van der Waals surface area contributed by atoms with E-state index >= 15 is 0 Å². The third-order valence-corrected chi connectivity index (χ3v) is 4.39. The van der Waals surface area contributed by atoms with Crippen LogP contribution in [0.25, 0.3) is 0 Å². The SMILES string of the molecule is CCCn1cc(C(CSc2cccc(Cl)c2)NC)cn1. The van der Waals surface area contributed by atoms with Gasteiger partial charge in [0.25, 0.3) is 0 Å². The first kappa shape index (κ1) is 15.4. The molecular formula is C15H20ClN3S. The van der Waals surface area contributed by atoms with Crippen molar-refractivity contribution in [2.45, 2.75) is 30.8 Å². The Morgan fingerprint density at radius 2 is 2.30 bits per heavy atom. The number of thioether (sulfide) groups is 1. The number of aromatic nitrogens is 2. The molecule has 0 saturated carbocycles.